The lowest BCUT2D eigenvalue weighted by molar-refractivity contribution is 0.608. The Hall–Kier alpha value is -0.460. The fourth-order valence-electron chi connectivity index (χ4n) is 1.26. The molecule has 0 unspecified atom stereocenters. The molecule has 66 valence electrons. The second-order valence-corrected chi connectivity index (χ2v) is 3.06. The van der Waals surface area contributed by atoms with Crippen molar-refractivity contribution in [2.24, 2.45) is 0 Å². The van der Waals surface area contributed by atoms with Gasteiger partial charge in [-0.2, -0.15) is 0 Å². The van der Waals surface area contributed by atoms with Crippen LogP contribution in [0.25, 0.3) is 0 Å². The lowest BCUT2D eigenvalue weighted by atomic mass is 10.3. The molecule has 11 heavy (non-hydrogen) atoms. The normalized spacial score (nSPS) is 16.9. The van der Waals surface area contributed by atoms with E-state index < -0.39 is 0 Å². The average Bonchev–Trinajstić information content (AvgIpc) is 2.42. The van der Waals surface area contributed by atoms with Gasteiger partial charge in [0, 0.05) is 6.04 Å². The fraction of sp³-hybridized carbons (Fsp3) is 0.800. The average molecular weight is 155 g/mol. The van der Waals surface area contributed by atoms with Crippen molar-refractivity contribution in [1.29, 1.82) is 0 Å². The molecule has 0 spiro atoms. The molecular weight excluding hydrogens is 134 g/mol. The van der Waals surface area contributed by atoms with E-state index in [9.17, 15) is 0 Å². The number of hydrogen-bond acceptors (Lipinski definition) is 1. The fourth-order valence-corrected chi connectivity index (χ4v) is 1.26. The van der Waals surface area contributed by atoms with E-state index in [1.807, 2.05) is 0 Å². The summed E-state index contributed by atoms with van der Waals surface area (Å²) in [7, 11) is 0. The van der Waals surface area contributed by atoms with Crippen LogP contribution in [0.4, 0.5) is 0 Å². The summed E-state index contributed by atoms with van der Waals surface area (Å²) < 4.78 is 0. The largest absolute Gasteiger partial charge is 0.389 e. The molecule has 0 heterocycles. The molecular formula is C10H21N. The van der Waals surface area contributed by atoms with Gasteiger partial charge in [-0.25, -0.2) is 0 Å². The van der Waals surface area contributed by atoms with Gasteiger partial charge in [-0.05, 0) is 19.0 Å². The van der Waals surface area contributed by atoms with Gasteiger partial charge in [0.1, 0.15) is 0 Å². The molecule has 1 nitrogen and oxygen atoms in total. The van der Waals surface area contributed by atoms with E-state index in [1.165, 1.54) is 32.1 Å². The van der Waals surface area contributed by atoms with Crippen molar-refractivity contribution < 1.29 is 0 Å². The Morgan fingerprint density at radius 3 is 2.18 bits per heavy atom. The zero-order valence-electron chi connectivity index (χ0n) is 7.90. The van der Waals surface area contributed by atoms with Gasteiger partial charge in [-0.3, -0.25) is 0 Å². The molecule has 1 heteroatoms. The molecule has 1 saturated carbocycles. The third-order valence-electron chi connectivity index (χ3n) is 1.71. The molecule has 0 aromatic heterocycles. The van der Waals surface area contributed by atoms with Crippen molar-refractivity contribution in [3.05, 3.63) is 12.8 Å². The van der Waals surface area contributed by atoms with E-state index in [4.69, 9.17) is 0 Å². The maximum Gasteiger partial charge on any atom is 0.0255 e. The number of hydrogen-bond donors (Lipinski definition) is 1. The lowest BCUT2D eigenvalue weighted by Gasteiger charge is -2.06. The van der Waals surface area contributed by atoms with Gasteiger partial charge >= 0.3 is 0 Å². The van der Waals surface area contributed by atoms with Crippen molar-refractivity contribution in [2.75, 3.05) is 0 Å². The predicted octanol–water partition coefficient (Wildman–Crippen LogP) is 3.08. The summed E-state index contributed by atoms with van der Waals surface area (Å²) in [5, 5.41) is 3.21. The Labute approximate surface area is 70.9 Å². The third-order valence-corrected chi connectivity index (χ3v) is 1.71. The van der Waals surface area contributed by atoms with Crippen LogP contribution in [0.3, 0.4) is 0 Å². The molecule has 0 saturated heterocycles. The summed E-state index contributed by atoms with van der Waals surface area (Å²) in [6.45, 7) is 7.86. The molecule has 1 N–H and O–H groups in total. The molecule has 1 aliphatic carbocycles. The van der Waals surface area contributed by atoms with Crippen LogP contribution in [-0.2, 0) is 0 Å². The first-order valence-corrected chi connectivity index (χ1v) is 4.72. The highest BCUT2D eigenvalue weighted by atomic mass is 14.9. The summed E-state index contributed by atoms with van der Waals surface area (Å²) in [5.74, 6) is 0. The maximum atomic E-state index is 3.61. The van der Waals surface area contributed by atoms with Gasteiger partial charge in [-0.15, -0.1) is 0 Å². The molecule has 0 bridgehead atoms. The van der Waals surface area contributed by atoms with Gasteiger partial charge in [-0.1, -0.05) is 39.7 Å². The summed E-state index contributed by atoms with van der Waals surface area (Å²) in [5.41, 5.74) is 0. The van der Waals surface area contributed by atoms with Gasteiger partial charge < -0.3 is 5.32 Å². The van der Waals surface area contributed by atoms with E-state index in [0.717, 1.165) is 6.04 Å². The van der Waals surface area contributed by atoms with Gasteiger partial charge in [0.25, 0.3) is 0 Å². The van der Waals surface area contributed by atoms with Crippen LogP contribution in [0, 0.1) is 0 Å². The Kier molecular flexibility index (Phi) is 7.33. The second-order valence-electron chi connectivity index (χ2n) is 3.06. The van der Waals surface area contributed by atoms with E-state index >= 15 is 0 Å². The highest BCUT2D eigenvalue weighted by Gasteiger charge is 2.11. The minimum Gasteiger partial charge on any atom is -0.389 e. The van der Waals surface area contributed by atoms with Crippen LogP contribution in [0.1, 0.15) is 46.0 Å². The summed E-state index contributed by atoms with van der Waals surface area (Å²) in [6, 6.07) is 0.743. The third kappa shape index (κ3) is 5.96. The quantitative estimate of drug-likeness (QED) is 0.646. The van der Waals surface area contributed by atoms with Crippen molar-refractivity contribution in [1.82, 2.24) is 5.32 Å². The first-order valence-electron chi connectivity index (χ1n) is 4.72. The number of nitrogens with one attached hydrogen (secondary N) is 1. The molecule has 1 fully saturated rings. The molecule has 0 radical (unpaired) electrons. The van der Waals surface area contributed by atoms with Crippen molar-refractivity contribution in [3.8, 4) is 0 Å². The van der Waals surface area contributed by atoms with Crippen LogP contribution >= 0.6 is 0 Å². The number of rotatable bonds is 2. The van der Waals surface area contributed by atoms with E-state index in [0.29, 0.717) is 0 Å². The molecule has 0 amide bonds. The second kappa shape index (κ2) is 7.64. The Morgan fingerprint density at radius 1 is 1.36 bits per heavy atom. The highest BCUT2D eigenvalue weighted by molar-refractivity contribution is 4.78. The van der Waals surface area contributed by atoms with Crippen LogP contribution < -0.4 is 5.32 Å². The van der Waals surface area contributed by atoms with Gasteiger partial charge in [0.15, 0.2) is 0 Å². The first kappa shape index (κ1) is 10.5. The predicted molar refractivity (Wildman–Crippen MR) is 51.6 cm³/mol. The standard InChI is InChI=1S/C7H13N.C3H8/c1-2-8-7-5-3-4-6-7;1-3-2/h2,7-8H,1,3-6H2;3H2,1-2H3. The minimum atomic E-state index is 0.743. The first-order chi connectivity index (χ1) is 5.35. The topological polar surface area (TPSA) is 12.0 Å². The van der Waals surface area contributed by atoms with Crippen LogP contribution in [0.2, 0.25) is 0 Å². The summed E-state index contributed by atoms with van der Waals surface area (Å²) in [4.78, 5) is 0. The molecule has 1 rings (SSSR count). The van der Waals surface area contributed by atoms with Crippen molar-refractivity contribution >= 4 is 0 Å². The Balaban J connectivity index is 0.000000292. The van der Waals surface area contributed by atoms with Gasteiger partial charge in [0.05, 0.1) is 0 Å². The zero-order valence-corrected chi connectivity index (χ0v) is 7.90. The highest BCUT2D eigenvalue weighted by Crippen LogP contribution is 2.17. The smallest absolute Gasteiger partial charge is 0.0255 e. The lowest BCUT2D eigenvalue weighted by Crippen LogP contribution is -2.18. The molecule has 1 aliphatic rings. The Morgan fingerprint density at radius 2 is 1.82 bits per heavy atom. The van der Waals surface area contributed by atoms with E-state index in [-0.39, 0.29) is 0 Å². The molecule has 0 aliphatic heterocycles. The zero-order chi connectivity index (χ0) is 8.53. The van der Waals surface area contributed by atoms with E-state index in [1.54, 1.807) is 6.20 Å². The molecule has 0 aromatic rings. The summed E-state index contributed by atoms with van der Waals surface area (Å²) in [6.07, 6.45) is 8.52. The minimum absolute atomic E-state index is 0.743. The SMILES string of the molecule is C=CNC1CCCC1.CCC. The van der Waals surface area contributed by atoms with Crippen molar-refractivity contribution in [3.63, 3.8) is 0 Å². The van der Waals surface area contributed by atoms with E-state index in [2.05, 4.69) is 25.7 Å². The monoisotopic (exact) mass is 155 g/mol. The molecule has 0 aromatic carbocycles. The maximum absolute atomic E-state index is 3.61. The molecule has 0 atom stereocenters. The summed E-state index contributed by atoms with van der Waals surface area (Å²) >= 11 is 0. The van der Waals surface area contributed by atoms with Gasteiger partial charge in [0.2, 0.25) is 0 Å². The van der Waals surface area contributed by atoms with Crippen molar-refractivity contribution in [2.45, 2.75) is 52.0 Å². The van der Waals surface area contributed by atoms with Crippen LogP contribution in [0.5, 0.6) is 0 Å². The van der Waals surface area contributed by atoms with Crippen LogP contribution in [0.15, 0.2) is 12.8 Å². The Bertz CT molecular complexity index is 82.9. The van der Waals surface area contributed by atoms with Crippen LogP contribution in [-0.4, -0.2) is 6.04 Å².